The van der Waals surface area contributed by atoms with Crippen LogP contribution in [-0.4, -0.2) is 5.84 Å². The summed E-state index contributed by atoms with van der Waals surface area (Å²) in [6.45, 7) is 8.86. The number of aliphatic imine (C=N–C) groups is 1. The number of nitrogens with one attached hydrogen (secondary N) is 1. The SMILES string of the molecule is Cc1ccc([C@H]2N=C(CC(C)(C)c3ccccc3)N[C@H]2c2ccc(C)cc2)cc1. The molecule has 3 aromatic carbocycles. The molecule has 0 fully saturated rings. The van der Waals surface area contributed by atoms with Crippen molar-refractivity contribution in [2.24, 2.45) is 4.99 Å². The second-order valence-corrected chi connectivity index (χ2v) is 8.89. The average Bonchev–Trinajstić information content (AvgIpc) is 3.13. The predicted molar refractivity (Wildman–Crippen MR) is 122 cm³/mol. The molecule has 3 aromatic rings. The summed E-state index contributed by atoms with van der Waals surface area (Å²) in [5.74, 6) is 1.09. The minimum absolute atomic E-state index is 0.0209. The Morgan fingerprint density at radius 3 is 1.90 bits per heavy atom. The van der Waals surface area contributed by atoms with E-state index in [9.17, 15) is 0 Å². The van der Waals surface area contributed by atoms with Crippen LogP contribution in [0.15, 0.2) is 83.9 Å². The monoisotopic (exact) mass is 382 g/mol. The molecule has 0 aliphatic carbocycles. The summed E-state index contributed by atoms with van der Waals surface area (Å²) < 4.78 is 0. The van der Waals surface area contributed by atoms with Crippen molar-refractivity contribution in [2.75, 3.05) is 0 Å². The molecule has 1 aliphatic rings. The van der Waals surface area contributed by atoms with Crippen LogP contribution in [0.5, 0.6) is 0 Å². The minimum atomic E-state index is 0.0209. The Hall–Kier alpha value is -2.87. The molecule has 1 N–H and O–H groups in total. The molecule has 0 amide bonds. The minimum Gasteiger partial charge on any atom is -0.364 e. The Morgan fingerprint density at radius 1 is 0.759 bits per heavy atom. The van der Waals surface area contributed by atoms with Gasteiger partial charge in [-0.05, 0) is 36.0 Å². The number of hydrogen-bond donors (Lipinski definition) is 1. The molecular formula is C27H30N2. The van der Waals surface area contributed by atoms with Gasteiger partial charge in [0.2, 0.25) is 0 Å². The van der Waals surface area contributed by atoms with E-state index in [2.05, 4.69) is 112 Å². The summed E-state index contributed by atoms with van der Waals surface area (Å²) >= 11 is 0. The van der Waals surface area contributed by atoms with Gasteiger partial charge >= 0.3 is 0 Å². The molecule has 148 valence electrons. The molecule has 1 heterocycles. The molecule has 2 nitrogen and oxygen atoms in total. The van der Waals surface area contributed by atoms with E-state index < -0.39 is 0 Å². The first-order chi connectivity index (χ1) is 13.9. The summed E-state index contributed by atoms with van der Waals surface area (Å²) in [7, 11) is 0. The molecule has 0 bridgehead atoms. The summed E-state index contributed by atoms with van der Waals surface area (Å²) in [5.41, 5.74) is 6.48. The van der Waals surface area contributed by atoms with Gasteiger partial charge in [0.15, 0.2) is 0 Å². The zero-order valence-corrected chi connectivity index (χ0v) is 17.8. The third-order valence-corrected chi connectivity index (χ3v) is 5.95. The third-order valence-electron chi connectivity index (χ3n) is 5.95. The molecule has 2 atom stereocenters. The van der Waals surface area contributed by atoms with Crippen LogP contribution in [0.3, 0.4) is 0 Å². The summed E-state index contributed by atoms with van der Waals surface area (Å²) in [4.78, 5) is 5.18. The van der Waals surface area contributed by atoms with Gasteiger partial charge in [0, 0.05) is 6.42 Å². The van der Waals surface area contributed by atoms with Crippen LogP contribution in [0.1, 0.15) is 60.2 Å². The van der Waals surface area contributed by atoms with Crippen LogP contribution in [0.2, 0.25) is 0 Å². The maximum Gasteiger partial charge on any atom is 0.101 e. The maximum atomic E-state index is 5.18. The molecule has 1 aliphatic heterocycles. The highest BCUT2D eigenvalue weighted by atomic mass is 15.1. The van der Waals surface area contributed by atoms with Crippen molar-refractivity contribution in [1.82, 2.24) is 5.32 Å². The zero-order chi connectivity index (χ0) is 20.4. The first kappa shape index (κ1) is 19.4. The van der Waals surface area contributed by atoms with Gasteiger partial charge in [-0.3, -0.25) is 4.99 Å². The quantitative estimate of drug-likeness (QED) is 0.538. The van der Waals surface area contributed by atoms with Gasteiger partial charge in [-0.2, -0.15) is 0 Å². The van der Waals surface area contributed by atoms with Gasteiger partial charge in [-0.25, -0.2) is 0 Å². The van der Waals surface area contributed by atoms with Gasteiger partial charge in [-0.1, -0.05) is 104 Å². The normalized spacial score (nSPS) is 19.0. The van der Waals surface area contributed by atoms with Crippen molar-refractivity contribution in [3.63, 3.8) is 0 Å². The van der Waals surface area contributed by atoms with Crippen molar-refractivity contribution in [2.45, 2.75) is 51.6 Å². The molecule has 2 heteroatoms. The van der Waals surface area contributed by atoms with E-state index in [0.29, 0.717) is 0 Å². The Kier molecular flexibility index (Phi) is 5.27. The highest BCUT2D eigenvalue weighted by Gasteiger charge is 2.34. The van der Waals surface area contributed by atoms with Crippen LogP contribution in [0.4, 0.5) is 0 Å². The van der Waals surface area contributed by atoms with E-state index in [1.165, 1.54) is 27.8 Å². The zero-order valence-electron chi connectivity index (χ0n) is 17.8. The molecular weight excluding hydrogens is 352 g/mol. The Labute approximate surface area is 174 Å². The van der Waals surface area contributed by atoms with Gasteiger partial charge in [0.1, 0.15) is 6.04 Å². The Morgan fingerprint density at radius 2 is 1.31 bits per heavy atom. The lowest BCUT2D eigenvalue weighted by atomic mass is 9.81. The standard InChI is InChI=1S/C27H30N2/c1-19-10-14-21(15-11-19)25-26(22-16-12-20(2)13-17-22)29-24(28-25)18-27(3,4)23-8-6-5-7-9-23/h5-17,25-26H,18H2,1-4H3,(H,28,29)/t25-,26+. The topological polar surface area (TPSA) is 24.4 Å². The largest absolute Gasteiger partial charge is 0.364 e. The van der Waals surface area contributed by atoms with E-state index in [4.69, 9.17) is 4.99 Å². The number of benzene rings is 3. The average molecular weight is 383 g/mol. The molecule has 0 aromatic heterocycles. The molecule has 0 saturated carbocycles. The molecule has 0 radical (unpaired) electrons. The molecule has 4 rings (SSSR count). The van der Waals surface area contributed by atoms with Crippen molar-refractivity contribution >= 4 is 5.84 Å². The van der Waals surface area contributed by atoms with Crippen molar-refractivity contribution < 1.29 is 0 Å². The fourth-order valence-electron chi connectivity index (χ4n) is 4.11. The fourth-order valence-corrected chi connectivity index (χ4v) is 4.11. The van der Waals surface area contributed by atoms with Gasteiger partial charge in [0.25, 0.3) is 0 Å². The fraction of sp³-hybridized carbons (Fsp3) is 0.296. The van der Waals surface area contributed by atoms with Crippen molar-refractivity contribution in [3.05, 3.63) is 107 Å². The molecule has 0 unspecified atom stereocenters. The molecule has 29 heavy (non-hydrogen) atoms. The number of hydrogen-bond acceptors (Lipinski definition) is 2. The van der Waals surface area contributed by atoms with Crippen molar-refractivity contribution in [1.29, 1.82) is 0 Å². The number of rotatable bonds is 5. The Balaban J connectivity index is 1.65. The Bertz CT molecular complexity index is 983. The van der Waals surface area contributed by atoms with Crippen molar-refractivity contribution in [3.8, 4) is 0 Å². The van der Waals surface area contributed by atoms with Crippen LogP contribution < -0.4 is 5.32 Å². The lowest BCUT2D eigenvalue weighted by molar-refractivity contribution is 0.536. The third kappa shape index (κ3) is 4.27. The van der Waals surface area contributed by atoms with E-state index in [0.717, 1.165) is 12.3 Å². The predicted octanol–water partition coefficient (Wildman–Crippen LogP) is 6.46. The smallest absolute Gasteiger partial charge is 0.101 e. The second-order valence-electron chi connectivity index (χ2n) is 8.89. The molecule has 0 spiro atoms. The van der Waals surface area contributed by atoms with E-state index in [1.54, 1.807) is 0 Å². The van der Waals surface area contributed by atoms with Crippen LogP contribution in [0.25, 0.3) is 0 Å². The summed E-state index contributed by atoms with van der Waals surface area (Å²) in [5, 5.41) is 3.77. The summed E-state index contributed by atoms with van der Waals surface area (Å²) in [6.07, 6.45) is 0.891. The van der Waals surface area contributed by atoms with Crippen LogP contribution in [0, 0.1) is 13.8 Å². The molecule has 0 saturated heterocycles. The van der Waals surface area contributed by atoms with E-state index in [1.807, 2.05) is 0 Å². The van der Waals surface area contributed by atoms with Crippen LogP contribution >= 0.6 is 0 Å². The van der Waals surface area contributed by atoms with Gasteiger partial charge in [-0.15, -0.1) is 0 Å². The summed E-state index contributed by atoms with van der Waals surface area (Å²) in [6, 6.07) is 28.6. The lowest BCUT2D eigenvalue weighted by Gasteiger charge is -2.26. The first-order valence-electron chi connectivity index (χ1n) is 10.4. The highest BCUT2D eigenvalue weighted by Crippen LogP contribution is 2.38. The number of nitrogens with zero attached hydrogens (tertiary/aromatic N) is 1. The lowest BCUT2D eigenvalue weighted by Crippen LogP contribution is -2.30. The van der Waals surface area contributed by atoms with Gasteiger partial charge in [0.05, 0.1) is 11.9 Å². The van der Waals surface area contributed by atoms with Crippen LogP contribution in [-0.2, 0) is 5.41 Å². The second kappa shape index (κ2) is 7.87. The first-order valence-corrected chi connectivity index (χ1v) is 10.4. The number of aryl methyl sites for hydroxylation is 2. The maximum absolute atomic E-state index is 5.18. The van der Waals surface area contributed by atoms with E-state index >= 15 is 0 Å². The highest BCUT2D eigenvalue weighted by molar-refractivity contribution is 5.86. The van der Waals surface area contributed by atoms with Gasteiger partial charge < -0.3 is 5.32 Å². The van der Waals surface area contributed by atoms with E-state index in [-0.39, 0.29) is 17.5 Å². The number of amidine groups is 1.